The Morgan fingerprint density at radius 1 is 0.688 bits per heavy atom. The molecule has 16 heavy (non-hydrogen) atoms. The van der Waals surface area contributed by atoms with Crippen LogP contribution in [0.4, 0.5) is 0 Å². The van der Waals surface area contributed by atoms with Crippen LogP contribution in [0.25, 0.3) is 0 Å². The Kier molecular flexibility index (Phi) is 25.8. The van der Waals surface area contributed by atoms with Crippen molar-refractivity contribution in [3.05, 3.63) is 0 Å². The van der Waals surface area contributed by atoms with Crippen molar-refractivity contribution in [1.29, 1.82) is 0 Å². The summed E-state index contributed by atoms with van der Waals surface area (Å²) in [4.78, 5) is 0. The second-order valence-electron chi connectivity index (χ2n) is 2.39. The summed E-state index contributed by atoms with van der Waals surface area (Å²) in [6, 6.07) is 0. The fraction of sp³-hybridized carbons (Fsp3) is 1.00. The van der Waals surface area contributed by atoms with Crippen molar-refractivity contribution in [3.63, 3.8) is 0 Å². The van der Waals surface area contributed by atoms with E-state index in [0.717, 1.165) is 0 Å². The maximum atomic E-state index is 8.36. The first-order valence-electron chi connectivity index (χ1n) is 4.90. The van der Waals surface area contributed by atoms with Gasteiger partial charge in [-0.05, 0) is 0 Å². The minimum atomic E-state index is -0.931. The number of halogens is 2. The average Bonchev–Trinajstić information content (AvgIpc) is 2.28. The molecule has 0 aromatic rings. The molecule has 0 aliphatic rings. The quantitative estimate of drug-likeness (QED) is 0.448. The van der Waals surface area contributed by atoms with E-state index in [9.17, 15) is 0 Å². The molecule has 0 atom stereocenters. The molecule has 2 N–H and O–H groups in total. The van der Waals surface area contributed by atoms with Gasteiger partial charge in [0.05, 0.1) is 52.9 Å². The molecule has 0 amide bonds. The Hall–Kier alpha value is 1.00. The third-order valence-electron chi connectivity index (χ3n) is 1.22. The minimum absolute atomic E-state index is 0.0413. The van der Waals surface area contributed by atoms with Crippen LogP contribution in [0.1, 0.15) is 0 Å². The molecular formula is C8H18Cl2O5Zn. The predicted octanol–water partition coefficient (Wildman–Crippen LogP) is 0.397. The van der Waals surface area contributed by atoms with Gasteiger partial charge in [0.15, 0.2) is 0 Å². The van der Waals surface area contributed by atoms with Gasteiger partial charge in [-0.15, -0.1) is 0 Å². The Bertz CT molecular complexity index is 102. The number of aliphatic hydroxyl groups is 2. The van der Waals surface area contributed by atoms with E-state index in [-0.39, 0.29) is 13.2 Å². The Balaban J connectivity index is 0. The normalized spacial score (nSPS) is 9.25. The van der Waals surface area contributed by atoms with Crippen LogP contribution in [0.15, 0.2) is 0 Å². The van der Waals surface area contributed by atoms with E-state index in [0.29, 0.717) is 39.6 Å². The van der Waals surface area contributed by atoms with Crippen molar-refractivity contribution < 1.29 is 39.6 Å². The molecule has 0 unspecified atom stereocenters. The molecule has 0 aliphatic carbocycles. The molecule has 0 spiro atoms. The van der Waals surface area contributed by atoms with Gasteiger partial charge in [-0.2, -0.15) is 0 Å². The van der Waals surface area contributed by atoms with E-state index in [4.69, 9.17) is 43.8 Å². The molecule has 5 nitrogen and oxygen atoms in total. The molecule has 0 aromatic heterocycles. The first kappa shape index (κ1) is 19.3. The van der Waals surface area contributed by atoms with Gasteiger partial charge < -0.3 is 24.4 Å². The van der Waals surface area contributed by atoms with Crippen LogP contribution in [-0.4, -0.2) is 63.1 Å². The van der Waals surface area contributed by atoms with E-state index in [1.54, 1.807) is 0 Å². The van der Waals surface area contributed by atoms with Crippen molar-refractivity contribution in [3.8, 4) is 0 Å². The van der Waals surface area contributed by atoms with Crippen molar-refractivity contribution in [2.75, 3.05) is 52.9 Å². The molecule has 96 valence electrons. The summed E-state index contributed by atoms with van der Waals surface area (Å²) in [5.41, 5.74) is 0. The van der Waals surface area contributed by atoms with Crippen LogP contribution < -0.4 is 0 Å². The second-order valence-corrected chi connectivity index (χ2v) is 7.01. The van der Waals surface area contributed by atoms with Gasteiger partial charge in [0, 0.05) is 0 Å². The standard InChI is InChI=1S/C8H18O5.2ClH.Zn/c9-1-3-11-5-7-13-8-6-12-4-2-10;;;/h9-10H,1-8H2;2*1H;/q;;;+2/p-2. The number of hydrogen-bond donors (Lipinski definition) is 2. The van der Waals surface area contributed by atoms with Gasteiger partial charge in [-0.25, -0.2) is 0 Å². The molecule has 0 saturated carbocycles. The third kappa shape index (κ3) is 24.3. The van der Waals surface area contributed by atoms with Crippen LogP contribution in [0.3, 0.4) is 0 Å². The van der Waals surface area contributed by atoms with Gasteiger partial charge >= 0.3 is 34.5 Å². The molecular weight excluding hydrogens is 312 g/mol. The van der Waals surface area contributed by atoms with Crippen molar-refractivity contribution in [2.45, 2.75) is 0 Å². The summed E-state index contributed by atoms with van der Waals surface area (Å²) in [7, 11) is 9.90. The van der Waals surface area contributed by atoms with Crippen molar-refractivity contribution >= 4 is 19.4 Å². The summed E-state index contributed by atoms with van der Waals surface area (Å²) in [6.07, 6.45) is 0. The zero-order chi connectivity index (χ0) is 12.5. The van der Waals surface area contributed by atoms with E-state index >= 15 is 0 Å². The van der Waals surface area contributed by atoms with E-state index in [2.05, 4.69) is 0 Å². The molecule has 0 aromatic carbocycles. The monoisotopic (exact) mass is 328 g/mol. The molecule has 0 fully saturated rings. The van der Waals surface area contributed by atoms with Gasteiger partial charge in [0.25, 0.3) is 0 Å². The first-order valence-corrected chi connectivity index (χ1v) is 12.7. The molecule has 0 heterocycles. The number of rotatable bonds is 10. The summed E-state index contributed by atoms with van der Waals surface area (Å²) in [6.45, 7) is 2.76. The SMILES string of the molecule is OCCOCCOCCOCCO.[Cl][Zn][Cl]. The summed E-state index contributed by atoms with van der Waals surface area (Å²) in [5.74, 6) is 0. The fourth-order valence-corrected chi connectivity index (χ4v) is 0.671. The van der Waals surface area contributed by atoms with E-state index in [1.165, 1.54) is 0 Å². The molecule has 0 saturated heterocycles. The van der Waals surface area contributed by atoms with E-state index < -0.39 is 15.1 Å². The molecule has 8 heteroatoms. The predicted molar refractivity (Wildman–Crippen MR) is 58.3 cm³/mol. The van der Waals surface area contributed by atoms with Crippen molar-refractivity contribution in [2.24, 2.45) is 0 Å². The Labute approximate surface area is 112 Å². The Morgan fingerprint density at radius 3 is 1.19 bits per heavy atom. The number of ether oxygens (including phenoxy) is 3. The molecule has 0 radical (unpaired) electrons. The average molecular weight is 331 g/mol. The summed E-state index contributed by atoms with van der Waals surface area (Å²) in [5, 5.41) is 16.7. The van der Waals surface area contributed by atoms with Crippen LogP contribution in [0, 0.1) is 0 Å². The zero-order valence-electron chi connectivity index (χ0n) is 9.24. The summed E-state index contributed by atoms with van der Waals surface area (Å²) >= 11 is -0.931. The maximum absolute atomic E-state index is 8.36. The fourth-order valence-electron chi connectivity index (χ4n) is 0.671. The van der Waals surface area contributed by atoms with Crippen LogP contribution in [0.2, 0.25) is 0 Å². The van der Waals surface area contributed by atoms with Crippen LogP contribution >= 0.6 is 19.4 Å². The topological polar surface area (TPSA) is 68.2 Å². The zero-order valence-corrected chi connectivity index (χ0v) is 13.7. The van der Waals surface area contributed by atoms with E-state index in [1.807, 2.05) is 0 Å². The third-order valence-corrected chi connectivity index (χ3v) is 1.22. The van der Waals surface area contributed by atoms with Gasteiger partial charge in [0.1, 0.15) is 0 Å². The number of hydrogen-bond acceptors (Lipinski definition) is 5. The number of aliphatic hydroxyl groups excluding tert-OH is 2. The van der Waals surface area contributed by atoms with Gasteiger partial charge in [-0.1, -0.05) is 0 Å². The van der Waals surface area contributed by atoms with Crippen molar-refractivity contribution in [1.82, 2.24) is 0 Å². The van der Waals surface area contributed by atoms with Gasteiger partial charge in [0.2, 0.25) is 0 Å². The summed E-state index contributed by atoms with van der Waals surface area (Å²) < 4.78 is 15.0. The molecule has 0 bridgehead atoms. The molecule has 0 aliphatic heterocycles. The van der Waals surface area contributed by atoms with Gasteiger partial charge in [-0.3, -0.25) is 0 Å². The first-order chi connectivity index (χ1) is 7.83. The second kappa shape index (κ2) is 21.3. The van der Waals surface area contributed by atoms with Crippen LogP contribution in [0.5, 0.6) is 0 Å². The molecule has 0 rings (SSSR count). The Morgan fingerprint density at radius 2 is 0.938 bits per heavy atom. The van der Waals surface area contributed by atoms with Crippen LogP contribution in [-0.2, 0) is 29.4 Å².